The van der Waals surface area contributed by atoms with Gasteiger partial charge in [-0.25, -0.2) is 0 Å². The number of carbonyl (C=O) groups excluding carboxylic acids is 2. The van der Waals surface area contributed by atoms with Crippen LogP contribution >= 0.6 is 46.6 Å². The van der Waals surface area contributed by atoms with Crippen molar-refractivity contribution in [2.24, 2.45) is 0 Å². The number of amides is 2. The Labute approximate surface area is 209 Å². The molecule has 2 aromatic rings. The van der Waals surface area contributed by atoms with E-state index in [4.69, 9.17) is 34.8 Å². The largest absolute Gasteiger partial charge is 0.352 e. The van der Waals surface area contributed by atoms with Gasteiger partial charge in [-0.1, -0.05) is 60.6 Å². The molecule has 8 heteroatoms. The van der Waals surface area contributed by atoms with Crippen molar-refractivity contribution in [3.8, 4) is 0 Å². The van der Waals surface area contributed by atoms with Gasteiger partial charge in [-0.05, 0) is 61.2 Å². The molecule has 4 nitrogen and oxygen atoms in total. The smallest absolute Gasteiger partial charge is 0.243 e. The second-order valence-corrected chi connectivity index (χ2v) is 10.2. The van der Waals surface area contributed by atoms with Crippen molar-refractivity contribution in [2.45, 2.75) is 62.6 Å². The highest BCUT2D eigenvalue weighted by Gasteiger charge is 2.31. The normalized spacial score (nSPS) is 14.9. The molecule has 0 bridgehead atoms. The van der Waals surface area contributed by atoms with Gasteiger partial charge in [-0.15, -0.1) is 11.8 Å². The van der Waals surface area contributed by atoms with E-state index >= 15 is 0 Å². The fourth-order valence-corrected chi connectivity index (χ4v) is 5.26. The van der Waals surface area contributed by atoms with E-state index in [0.717, 1.165) is 36.1 Å². The number of rotatable bonds is 9. The Morgan fingerprint density at radius 1 is 1.06 bits per heavy atom. The van der Waals surface area contributed by atoms with Crippen molar-refractivity contribution in [1.29, 1.82) is 0 Å². The lowest BCUT2D eigenvalue weighted by Gasteiger charge is -2.31. The summed E-state index contributed by atoms with van der Waals surface area (Å²) in [5.74, 6) is -0.0150. The summed E-state index contributed by atoms with van der Waals surface area (Å²) >= 11 is 19.8. The lowest BCUT2D eigenvalue weighted by atomic mass is 10.1. The predicted molar refractivity (Wildman–Crippen MR) is 134 cm³/mol. The molecule has 1 saturated carbocycles. The maximum Gasteiger partial charge on any atom is 0.243 e. The summed E-state index contributed by atoms with van der Waals surface area (Å²) in [7, 11) is 0. The zero-order chi connectivity index (χ0) is 23.1. The molecular weight excluding hydrogens is 487 g/mol. The van der Waals surface area contributed by atoms with E-state index in [2.05, 4.69) is 5.32 Å². The highest BCUT2D eigenvalue weighted by molar-refractivity contribution is 8.00. The van der Waals surface area contributed by atoms with Crippen molar-refractivity contribution in [3.05, 3.63) is 63.1 Å². The molecular formula is C24H27Cl3N2O2S. The van der Waals surface area contributed by atoms with E-state index in [9.17, 15) is 9.59 Å². The molecule has 172 valence electrons. The van der Waals surface area contributed by atoms with E-state index in [1.165, 1.54) is 11.8 Å². The highest BCUT2D eigenvalue weighted by Crippen LogP contribution is 2.26. The molecule has 1 N–H and O–H groups in total. The molecule has 32 heavy (non-hydrogen) atoms. The number of thioether (sulfide) groups is 1. The molecule has 1 aliphatic rings. The standard InChI is InChI=1S/C24H27Cl3N2O2S/c1-2-22(24(31)28-19-5-3-4-6-19)29(14-16-7-8-18(26)13-21(16)27)23(30)15-32-20-11-9-17(25)10-12-20/h7-13,19,22H,2-6,14-15H2,1H3,(H,28,31)/t22-/m1/s1. The Morgan fingerprint density at radius 3 is 2.34 bits per heavy atom. The number of halogens is 3. The molecule has 3 rings (SSSR count). The number of carbonyl (C=O) groups is 2. The second kappa shape index (κ2) is 12.2. The van der Waals surface area contributed by atoms with Gasteiger partial charge in [0.25, 0.3) is 0 Å². The van der Waals surface area contributed by atoms with Crippen LogP contribution < -0.4 is 5.32 Å². The Balaban J connectivity index is 1.78. The van der Waals surface area contributed by atoms with Gasteiger partial charge in [0.1, 0.15) is 6.04 Å². The quantitative estimate of drug-likeness (QED) is 0.384. The van der Waals surface area contributed by atoms with E-state index in [1.54, 1.807) is 35.2 Å². The number of benzene rings is 2. The number of hydrogen-bond acceptors (Lipinski definition) is 3. The molecule has 0 spiro atoms. The van der Waals surface area contributed by atoms with Crippen LogP contribution in [0.4, 0.5) is 0 Å². The lowest BCUT2D eigenvalue weighted by molar-refractivity contribution is -0.139. The van der Waals surface area contributed by atoms with Crippen LogP contribution in [0.5, 0.6) is 0 Å². The molecule has 1 fully saturated rings. The first-order valence-corrected chi connectivity index (χ1v) is 12.9. The third-order valence-corrected chi connectivity index (χ3v) is 7.45. The van der Waals surface area contributed by atoms with Crippen LogP contribution in [0.1, 0.15) is 44.6 Å². The van der Waals surface area contributed by atoms with Gasteiger partial charge in [-0.2, -0.15) is 0 Å². The van der Waals surface area contributed by atoms with Gasteiger partial charge in [-0.3, -0.25) is 9.59 Å². The van der Waals surface area contributed by atoms with Crippen LogP contribution in [0, 0.1) is 0 Å². The molecule has 0 heterocycles. The van der Waals surface area contributed by atoms with Gasteiger partial charge < -0.3 is 10.2 Å². The minimum atomic E-state index is -0.569. The van der Waals surface area contributed by atoms with Crippen LogP contribution in [0.3, 0.4) is 0 Å². The van der Waals surface area contributed by atoms with Gasteiger partial charge in [0.05, 0.1) is 5.75 Å². The summed E-state index contributed by atoms with van der Waals surface area (Å²) in [6, 6.07) is 12.2. The highest BCUT2D eigenvalue weighted by atomic mass is 35.5. The molecule has 2 amide bonds. The Bertz CT molecular complexity index is 933. The van der Waals surface area contributed by atoms with Gasteiger partial charge in [0.15, 0.2) is 0 Å². The van der Waals surface area contributed by atoms with Crippen molar-refractivity contribution in [3.63, 3.8) is 0 Å². The third-order valence-electron chi connectivity index (χ3n) is 5.62. The summed E-state index contributed by atoms with van der Waals surface area (Å²) in [6.07, 6.45) is 4.75. The molecule has 2 aromatic carbocycles. The first kappa shape index (κ1) is 25.2. The van der Waals surface area contributed by atoms with Crippen molar-refractivity contribution >= 4 is 58.4 Å². The van der Waals surface area contributed by atoms with Crippen molar-refractivity contribution in [2.75, 3.05) is 5.75 Å². The topological polar surface area (TPSA) is 49.4 Å². The summed E-state index contributed by atoms with van der Waals surface area (Å²) in [4.78, 5) is 29.1. The first-order chi connectivity index (χ1) is 15.4. The maximum absolute atomic E-state index is 13.3. The zero-order valence-corrected chi connectivity index (χ0v) is 21.0. The Kier molecular flexibility index (Phi) is 9.60. The Morgan fingerprint density at radius 2 is 1.72 bits per heavy atom. The molecule has 1 aliphatic carbocycles. The van der Waals surface area contributed by atoms with E-state index in [0.29, 0.717) is 21.5 Å². The fourth-order valence-electron chi connectivity index (χ4n) is 3.88. The maximum atomic E-state index is 13.3. The molecule has 1 atom stereocenters. The fraction of sp³-hybridized carbons (Fsp3) is 0.417. The lowest BCUT2D eigenvalue weighted by Crippen LogP contribution is -2.51. The number of hydrogen-bond donors (Lipinski definition) is 1. The van der Waals surface area contributed by atoms with Crippen LogP contribution in [0.25, 0.3) is 0 Å². The monoisotopic (exact) mass is 512 g/mol. The van der Waals surface area contributed by atoms with Crippen molar-refractivity contribution < 1.29 is 9.59 Å². The summed E-state index contributed by atoms with van der Waals surface area (Å²) in [5.41, 5.74) is 0.757. The van der Waals surface area contributed by atoms with Crippen LogP contribution in [0.15, 0.2) is 47.4 Å². The molecule has 0 radical (unpaired) electrons. The third kappa shape index (κ3) is 7.05. The zero-order valence-electron chi connectivity index (χ0n) is 18.0. The minimum absolute atomic E-state index is 0.102. The van der Waals surface area contributed by atoms with E-state index in [-0.39, 0.29) is 30.2 Å². The molecule has 0 unspecified atom stereocenters. The van der Waals surface area contributed by atoms with Crippen molar-refractivity contribution in [1.82, 2.24) is 10.2 Å². The minimum Gasteiger partial charge on any atom is -0.352 e. The first-order valence-electron chi connectivity index (χ1n) is 10.8. The van der Waals surface area contributed by atoms with Crippen LogP contribution in [0.2, 0.25) is 15.1 Å². The second-order valence-electron chi connectivity index (χ2n) is 7.91. The predicted octanol–water partition coefficient (Wildman–Crippen LogP) is 6.61. The van der Waals surface area contributed by atoms with Gasteiger partial charge in [0, 0.05) is 32.5 Å². The number of nitrogens with zero attached hydrogens (tertiary/aromatic N) is 1. The SMILES string of the molecule is CC[C@H](C(=O)NC1CCCC1)N(Cc1ccc(Cl)cc1Cl)C(=O)CSc1ccc(Cl)cc1. The molecule has 0 aromatic heterocycles. The molecule has 0 aliphatic heterocycles. The average Bonchev–Trinajstić information content (AvgIpc) is 3.27. The molecule has 0 saturated heterocycles. The number of nitrogens with one attached hydrogen (secondary N) is 1. The van der Waals surface area contributed by atoms with Gasteiger partial charge >= 0.3 is 0 Å². The summed E-state index contributed by atoms with van der Waals surface area (Å²) in [5, 5.41) is 4.80. The summed E-state index contributed by atoms with van der Waals surface area (Å²) in [6.45, 7) is 2.17. The average molecular weight is 514 g/mol. The van der Waals surface area contributed by atoms with Gasteiger partial charge in [0.2, 0.25) is 11.8 Å². The summed E-state index contributed by atoms with van der Waals surface area (Å²) < 4.78 is 0. The van der Waals surface area contributed by atoms with Crippen LogP contribution in [-0.4, -0.2) is 34.6 Å². The Hall–Kier alpha value is -1.40. The van der Waals surface area contributed by atoms with E-state index in [1.807, 2.05) is 19.1 Å². The van der Waals surface area contributed by atoms with E-state index < -0.39 is 6.04 Å². The van der Waals surface area contributed by atoms with Crippen LogP contribution in [-0.2, 0) is 16.1 Å².